The first kappa shape index (κ1) is 20.6. The Labute approximate surface area is 170 Å². The number of nitrogens with two attached hydrogens (primary N) is 1. The molecule has 0 aliphatic heterocycles. The van der Waals surface area contributed by atoms with Crippen LogP contribution < -0.4 is 15.9 Å². The minimum Gasteiger partial charge on any atom is -0.435 e. The number of carbonyl (C=O) groups is 1. The molecular weight excluding hydrogens is 400 g/mol. The Hall–Kier alpha value is -3.14. The SMILES string of the molecule is Cc1ccc(NC(=O)[C@H](C)Sc2nnc(-c3ccc(OC(F)F)cc3)n2N)cc1. The minimum absolute atomic E-state index is 0.0304. The fourth-order valence-electron chi connectivity index (χ4n) is 2.43. The van der Waals surface area contributed by atoms with Crippen LogP contribution in [0.4, 0.5) is 14.5 Å². The summed E-state index contributed by atoms with van der Waals surface area (Å²) in [7, 11) is 0. The second kappa shape index (κ2) is 8.91. The summed E-state index contributed by atoms with van der Waals surface area (Å²) >= 11 is 1.16. The number of aryl methyl sites for hydroxylation is 1. The third kappa shape index (κ3) is 5.23. The highest BCUT2D eigenvalue weighted by atomic mass is 32.2. The Balaban J connectivity index is 1.67. The lowest BCUT2D eigenvalue weighted by molar-refractivity contribution is -0.115. The van der Waals surface area contributed by atoms with Crippen LogP contribution in [0.25, 0.3) is 11.4 Å². The molecule has 152 valence electrons. The highest BCUT2D eigenvalue weighted by Crippen LogP contribution is 2.27. The van der Waals surface area contributed by atoms with Crippen molar-refractivity contribution < 1.29 is 18.3 Å². The smallest absolute Gasteiger partial charge is 0.387 e. The predicted molar refractivity (Wildman–Crippen MR) is 107 cm³/mol. The molecule has 1 amide bonds. The van der Waals surface area contributed by atoms with Crippen LogP contribution in [0.15, 0.2) is 53.7 Å². The summed E-state index contributed by atoms with van der Waals surface area (Å²) in [6, 6.07) is 13.4. The number of nitrogen functional groups attached to an aromatic ring is 1. The van der Waals surface area contributed by atoms with E-state index >= 15 is 0 Å². The first-order valence-corrected chi connectivity index (χ1v) is 9.51. The number of aromatic nitrogens is 3. The summed E-state index contributed by atoms with van der Waals surface area (Å²) in [6.45, 7) is 0.809. The fourth-order valence-corrected chi connectivity index (χ4v) is 3.20. The zero-order valence-electron chi connectivity index (χ0n) is 15.7. The molecule has 1 atom stereocenters. The fraction of sp³-hybridized carbons (Fsp3) is 0.211. The van der Waals surface area contributed by atoms with Gasteiger partial charge in [0, 0.05) is 11.3 Å². The van der Waals surface area contributed by atoms with Crippen molar-refractivity contribution in [2.75, 3.05) is 11.2 Å². The van der Waals surface area contributed by atoms with Gasteiger partial charge in [-0.2, -0.15) is 8.78 Å². The number of rotatable bonds is 7. The van der Waals surface area contributed by atoms with Gasteiger partial charge in [0.2, 0.25) is 11.1 Å². The number of carbonyl (C=O) groups excluding carboxylic acids is 1. The van der Waals surface area contributed by atoms with E-state index in [-0.39, 0.29) is 11.7 Å². The molecule has 0 aliphatic rings. The standard InChI is InChI=1S/C19H19F2N5O2S/c1-11-3-7-14(8-4-11)23-17(27)12(2)29-19-25-24-16(26(19)22)13-5-9-15(10-6-13)28-18(20)21/h3-10,12,18H,22H2,1-2H3,(H,23,27)/t12-/m0/s1. The molecule has 1 heterocycles. The largest absolute Gasteiger partial charge is 0.435 e. The van der Waals surface area contributed by atoms with Gasteiger partial charge in [0.15, 0.2) is 5.82 Å². The van der Waals surface area contributed by atoms with Gasteiger partial charge in [0.1, 0.15) is 5.75 Å². The molecule has 3 aromatic rings. The average Bonchev–Trinajstić information content (AvgIpc) is 3.04. The highest BCUT2D eigenvalue weighted by Gasteiger charge is 2.20. The number of nitrogens with one attached hydrogen (secondary N) is 1. The molecule has 1 aromatic heterocycles. The molecule has 0 bridgehead atoms. The molecule has 29 heavy (non-hydrogen) atoms. The topological polar surface area (TPSA) is 95.1 Å². The lowest BCUT2D eigenvalue weighted by atomic mass is 10.2. The van der Waals surface area contributed by atoms with Crippen molar-refractivity contribution in [1.82, 2.24) is 14.9 Å². The Kier molecular flexibility index (Phi) is 6.32. The summed E-state index contributed by atoms with van der Waals surface area (Å²) in [5, 5.41) is 10.8. The lowest BCUT2D eigenvalue weighted by Crippen LogP contribution is -2.23. The molecule has 0 fully saturated rings. The molecule has 3 rings (SSSR count). The van der Waals surface area contributed by atoms with Crippen molar-refractivity contribution in [1.29, 1.82) is 0 Å². The normalized spacial score (nSPS) is 12.0. The van der Waals surface area contributed by atoms with Gasteiger partial charge in [-0.1, -0.05) is 29.5 Å². The van der Waals surface area contributed by atoms with Gasteiger partial charge in [-0.15, -0.1) is 10.2 Å². The van der Waals surface area contributed by atoms with Crippen molar-refractivity contribution in [2.24, 2.45) is 0 Å². The van der Waals surface area contributed by atoms with Crippen LogP contribution in [0.5, 0.6) is 5.75 Å². The third-order valence-corrected chi connectivity index (χ3v) is 5.03. The van der Waals surface area contributed by atoms with Crippen LogP contribution >= 0.6 is 11.8 Å². The van der Waals surface area contributed by atoms with Crippen LogP contribution in [0.2, 0.25) is 0 Å². The van der Waals surface area contributed by atoms with Gasteiger partial charge in [-0.3, -0.25) is 4.79 Å². The highest BCUT2D eigenvalue weighted by molar-refractivity contribution is 8.00. The quantitative estimate of drug-likeness (QED) is 0.448. The summed E-state index contributed by atoms with van der Waals surface area (Å²) in [6.07, 6.45) is 0. The van der Waals surface area contributed by atoms with Crippen molar-refractivity contribution in [3.8, 4) is 17.1 Å². The van der Waals surface area contributed by atoms with Crippen LogP contribution in [-0.4, -0.2) is 32.6 Å². The van der Waals surface area contributed by atoms with Crippen molar-refractivity contribution in [2.45, 2.75) is 30.9 Å². The maximum atomic E-state index is 12.4. The molecule has 0 saturated heterocycles. The summed E-state index contributed by atoms with van der Waals surface area (Å²) in [5.74, 6) is 6.23. The number of alkyl halides is 2. The average molecular weight is 419 g/mol. The van der Waals surface area contributed by atoms with Crippen LogP contribution in [0.1, 0.15) is 12.5 Å². The Morgan fingerprint density at radius 1 is 1.14 bits per heavy atom. The van der Waals surface area contributed by atoms with Crippen molar-refractivity contribution in [3.05, 3.63) is 54.1 Å². The summed E-state index contributed by atoms with van der Waals surface area (Å²) in [4.78, 5) is 12.4. The Morgan fingerprint density at radius 3 is 2.41 bits per heavy atom. The Morgan fingerprint density at radius 2 is 1.79 bits per heavy atom. The van der Waals surface area contributed by atoms with Gasteiger partial charge in [-0.05, 0) is 50.2 Å². The molecule has 3 N–H and O–H groups in total. The summed E-state index contributed by atoms with van der Waals surface area (Å²) < 4.78 is 30.1. The number of thioether (sulfide) groups is 1. The Bertz CT molecular complexity index is 977. The molecule has 10 heteroatoms. The van der Waals surface area contributed by atoms with Gasteiger partial charge in [0.05, 0.1) is 5.25 Å². The van der Waals surface area contributed by atoms with Gasteiger partial charge in [0.25, 0.3) is 0 Å². The molecule has 2 aromatic carbocycles. The van der Waals surface area contributed by atoms with Gasteiger partial charge in [-0.25, -0.2) is 4.68 Å². The molecule has 0 spiro atoms. The molecule has 0 unspecified atom stereocenters. The number of hydrogen-bond donors (Lipinski definition) is 2. The molecule has 0 radical (unpaired) electrons. The van der Waals surface area contributed by atoms with Crippen LogP contribution in [0.3, 0.4) is 0 Å². The second-order valence-electron chi connectivity index (χ2n) is 6.19. The number of halogens is 2. The lowest BCUT2D eigenvalue weighted by Gasteiger charge is -2.12. The van der Waals surface area contributed by atoms with E-state index in [1.165, 1.54) is 16.8 Å². The maximum absolute atomic E-state index is 12.4. The number of benzene rings is 2. The second-order valence-corrected chi connectivity index (χ2v) is 7.50. The number of hydrogen-bond acceptors (Lipinski definition) is 6. The van der Waals surface area contributed by atoms with E-state index in [0.29, 0.717) is 22.2 Å². The molecule has 0 saturated carbocycles. The molecule has 0 aliphatic carbocycles. The molecular formula is C19H19F2N5O2S. The van der Waals surface area contributed by atoms with E-state index in [1.807, 2.05) is 31.2 Å². The van der Waals surface area contributed by atoms with Crippen LogP contribution in [-0.2, 0) is 4.79 Å². The zero-order chi connectivity index (χ0) is 21.0. The minimum atomic E-state index is -2.89. The van der Waals surface area contributed by atoms with E-state index in [2.05, 4.69) is 20.3 Å². The molecule has 7 nitrogen and oxygen atoms in total. The van der Waals surface area contributed by atoms with E-state index in [9.17, 15) is 13.6 Å². The number of nitrogens with zero attached hydrogens (tertiary/aromatic N) is 3. The van der Waals surface area contributed by atoms with E-state index in [4.69, 9.17) is 5.84 Å². The number of amides is 1. The van der Waals surface area contributed by atoms with E-state index < -0.39 is 11.9 Å². The van der Waals surface area contributed by atoms with E-state index in [0.717, 1.165) is 17.3 Å². The zero-order valence-corrected chi connectivity index (χ0v) is 16.5. The number of ether oxygens (including phenoxy) is 1. The first-order chi connectivity index (χ1) is 13.8. The monoisotopic (exact) mass is 419 g/mol. The van der Waals surface area contributed by atoms with Gasteiger partial charge < -0.3 is 15.9 Å². The van der Waals surface area contributed by atoms with Crippen molar-refractivity contribution in [3.63, 3.8) is 0 Å². The van der Waals surface area contributed by atoms with Crippen molar-refractivity contribution >= 4 is 23.4 Å². The first-order valence-electron chi connectivity index (χ1n) is 8.63. The predicted octanol–water partition coefficient (Wildman–Crippen LogP) is 3.69. The third-order valence-electron chi connectivity index (χ3n) is 3.97. The van der Waals surface area contributed by atoms with E-state index in [1.54, 1.807) is 19.1 Å². The summed E-state index contributed by atoms with van der Waals surface area (Å²) in [5.41, 5.74) is 2.38. The van der Waals surface area contributed by atoms with Crippen LogP contribution in [0, 0.1) is 6.92 Å². The van der Waals surface area contributed by atoms with Gasteiger partial charge >= 0.3 is 6.61 Å². The maximum Gasteiger partial charge on any atom is 0.387 e. The number of anilines is 1.